The van der Waals surface area contributed by atoms with Crippen molar-refractivity contribution in [1.82, 2.24) is 19.9 Å². The highest BCUT2D eigenvalue weighted by molar-refractivity contribution is 5.69. The highest BCUT2D eigenvalue weighted by Gasteiger charge is 2.04. The number of aromatic nitrogens is 4. The predicted molar refractivity (Wildman–Crippen MR) is 78.0 cm³/mol. The van der Waals surface area contributed by atoms with E-state index in [2.05, 4.69) is 26.0 Å². The van der Waals surface area contributed by atoms with Crippen molar-refractivity contribution in [1.29, 1.82) is 0 Å². The molecular weight excluding hydrogens is 248 g/mol. The second-order valence-electron chi connectivity index (χ2n) is 4.67. The molecule has 0 aliphatic carbocycles. The molecule has 0 saturated carbocycles. The molecule has 0 radical (unpaired) electrons. The van der Waals surface area contributed by atoms with Gasteiger partial charge in [0.1, 0.15) is 6.33 Å². The first-order valence-electron chi connectivity index (χ1n) is 6.40. The van der Waals surface area contributed by atoms with Crippen LogP contribution >= 0.6 is 0 Å². The van der Waals surface area contributed by atoms with Crippen molar-refractivity contribution in [2.75, 3.05) is 0 Å². The molecule has 0 bridgehead atoms. The van der Waals surface area contributed by atoms with Crippen LogP contribution in [0.3, 0.4) is 0 Å². The zero-order valence-corrected chi connectivity index (χ0v) is 11.4. The second-order valence-corrected chi connectivity index (χ2v) is 4.67. The summed E-state index contributed by atoms with van der Waals surface area (Å²) in [6, 6.07) is 10.1. The fourth-order valence-electron chi connectivity index (χ4n) is 1.99. The van der Waals surface area contributed by atoms with Crippen molar-refractivity contribution < 1.29 is 0 Å². The minimum absolute atomic E-state index is 0.864. The molecule has 0 aliphatic rings. The van der Waals surface area contributed by atoms with Crippen LogP contribution < -0.4 is 0 Å². The third-order valence-corrected chi connectivity index (χ3v) is 3.04. The molecule has 0 unspecified atom stereocenters. The van der Waals surface area contributed by atoms with Gasteiger partial charge in [0.15, 0.2) is 0 Å². The molecule has 98 valence electrons. The maximum Gasteiger partial charge on any atom is 0.116 e. The normalized spacial score (nSPS) is 10.5. The molecule has 1 aromatic carbocycles. The molecule has 4 nitrogen and oxygen atoms in total. The summed E-state index contributed by atoms with van der Waals surface area (Å²) in [5, 5.41) is 0. The summed E-state index contributed by atoms with van der Waals surface area (Å²) in [7, 11) is 0. The van der Waals surface area contributed by atoms with E-state index >= 15 is 0 Å². The Hall–Kier alpha value is -2.62. The Bertz CT molecular complexity index is 735. The van der Waals surface area contributed by atoms with Gasteiger partial charge in [0.05, 0.1) is 23.3 Å². The van der Waals surface area contributed by atoms with Crippen LogP contribution in [-0.2, 0) is 0 Å². The van der Waals surface area contributed by atoms with Crippen molar-refractivity contribution in [2.24, 2.45) is 0 Å². The van der Waals surface area contributed by atoms with E-state index in [1.807, 2.05) is 38.1 Å². The third kappa shape index (κ3) is 2.54. The predicted octanol–water partition coefficient (Wildman–Crippen LogP) is 3.22. The van der Waals surface area contributed by atoms with E-state index < -0.39 is 0 Å². The molecule has 2 aromatic heterocycles. The highest BCUT2D eigenvalue weighted by atomic mass is 14.8. The number of hydrogen-bond acceptors (Lipinski definition) is 4. The molecule has 0 atom stereocenters. The lowest BCUT2D eigenvalue weighted by atomic mass is 10.1. The molecule has 4 heteroatoms. The molecule has 0 fully saturated rings. The van der Waals surface area contributed by atoms with Crippen LogP contribution in [0, 0.1) is 13.8 Å². The van der Waals surface area contributed by atoms with Gasteiger partial charge >= 0.3 is 0 Å². The summed E-state index contributed by atoms with van der Waals surface area (Å²) in [4.78, 5) is 17.1. The first kappa shape index (κ1) is 12.4. The number of nitrogens with zero attached hydrogens (tertiary/aromatic N) is 4. The summed E-state index contributed by atoms with van der Waals surface area (Å²) in [5.41, 5.74) is 5.73. The Labute approximate surface area is 117 Å². The molecule has 0 aliphatic heterocycles. The van der Waals surface area contributed by atoms with Crippen LogP contribution in [0.15, 0.2) is 49.1 Å². The van der Waals surface area contributed by atoms with Gasteiger partial charge in [0, 0.05) is 23.0 Å². The average Bonchev–Trinajstić information content (AvgIpc) is 2.48. The van der Waals surface area contributed by atoms with Gasteiger partial charge in [-0.1, -0.05) is 18.2 Å². The number of benzene rings is 1. The lowest BCUT2D eigenvalue weighted by Gasteiger charge is -2.05. The zero-order chi connectivity index (χ0) is 13.9. The minimum Gasteiger partial charge on any atom is -0.258 e. The molecule has 0 N–H and O–H groups in total. The molecule has 3 aromatic rings. The van der Waals surface area contributed by atoms with E-state index in [-0.39, 0.29) is 0 Å². The number of rotatable bonds is 2. The van der Waals surface area contributed by atoms with Crippen molar-refractivity contribution in [3.8, 4) is 22.5 Å². The quantitative estimate of drug-likeness (QED) is 0.711. The van der Waals surface area contributed by atoms with E-state index in [1.165, 1.54) is 0 Å². The van der Waals surface area contributed by atoms with Crippen LogP contribution in [0.1, 0.15) is 11.4 Å². The Balaban J connectivity index is 2.03. The molecule has 0 spiro atoms. The smallest absolute Gasteiger partial charge is 0.116 e. The fourth-order valence-corrected chi connectivity index (χ4v) is 1.99. The number of hydrogen-bond donors (Lipinski definition) is 0. The van der Waals surface area contributed by atoms with Crippen molar-refractivity contribution in [3.63, 3.8) is 0 Å². The second kappa shape index (κ2) is 5.17. The van der Waals surface area contributed by atoms with Gasteiger partial charge in [0.25, 0.3) is 0 Å². The van der Waals surface area contributed by atoms with Crippen LogP contribution in [0.25, 0.3) is 22.5 Å². The van der Waals surface area contributed by atoms with Crippen LogP contribution in [0.4, 0.5) is 0 Å². The molecule has 0 saturated heterocycles. The summed E-state index contributed by atoms with van der Waals surface area (Å²) in [6.45, 7) is 3.89. The highest BCUT2D eigenvalue weighted by Crippen LogP contribution is 2.23. The Morgan fingerprint density at radius 2 is 1.50 bits per heavy atom. The Kier molecular flexibility index (Phi) is 3.21. The van der Waals surface area contributed by atoms with Crippen LogP contribution in [0.5, 0.6) is 0 Å². The fraction of sp³-hybridized carbons (Fsp3) is 0.125. The van der Waals surface area contributed by atoms with E-state index in [1.54, 1.807) is 18.7 Å². The molecule has 0 amide bonds. The summed E-state index contributed by atoms with van der Waals surface area (Å²) in [5.74, 6) is 0. The van der Waals surface area contributed by atoms with Crippen molar-refractivity contribution >= 4 is 0 Å². The number of aryl methyl sites for hydroxylation is 2. The molecule has 20 heavy (non-hydrogen) atoms. The molecular formula is C16H14N4. The Morgan fingerprint density at radius 1 is 0.700 bits per heavy atom. The topological polar surface area (TPSA) is 51.6 Å². The minimum atomic E-state index is 0.864. The SMILES string of the molecule is Cc1cnc(-c2cccc(-c3cc(C)ncn3)c2)cn1. The molecule has 3 rings (SSSR count). The van der Waals surface area contributed by atoms with Crippen molar-refractivity contribution in [3.05, 3.63) is 60.4 Å². The maximum atomic E-state index is 4.41. The van der Waals surface area contributed by atoms with Gasteiger partial charge < -0.3 is 0 Å². The zero-order valence-electron chi connectivity index (χ0n) is 11.4. The van der Waals surface area contributed by atoms with Gasteiger partial charge in [-0.05, 0) is 26.0 Å². The lowest BCUT2D eigenvalue weighted by molar-refractivity contribution is 1.10. The summed E-state index contributed by atoms with van der Waals surface area (Å²) >= 11 is 0. The van der Waals surface area contributed by atoms with E-state index in [0.29, 0.717) is 0 Å². The van der Waals surface area contributed by atoms with Gasteiger partial charge in [-0.25, -0.2) is 9.97 Å². The van der Waals surface area contributed by atoms with Crippen molar-refractivity contribution in [2.45, 2.75) is 13.8 Å². The standard InChI is InChI=1S/C16H14N4/c1-11-6-15(20-10-19-11)13-4-3-5-14(7-13)16-9-17-12(2)8-18-16/h3-10H,1-2H3. The monoisotopic (exact) mass is 262 g/mol. The summed E-state index contributed by atoms with van der Waals surface area (Å²) < 4.78 is 0. The first-order valence-corrected chi connectivity index (χ1v) is 6.40. The van der Waals surface area contributed by atoms with Gasteiger partial charge in [0.2, 0.25) is 0 Å². The Morgan fingerprint density at radius 3 is 2.20 bits per heavy atom. The summed E-state index contributed by atoms with van der Waals surface area (Å²) in [6.07, 6.45) is 5.15. The van der Waals surface area contributed by atoms with E-state index in [4.69, 9.17) is 0 Å². The van der Waals surface area contributed by atoms with E-state index in [9.17, 15) is 0 Å². The van der Waals surface area contributed by atoms with Crippen LogP contribution in [0.2, 0.25) is 0 Å². The lowest BCUT2D eigenvalue weighted by Crippen LogP contribution is -1.90. The first-order chi connectivity index (χ1) is 9.72. The van der Waals surface area contributed by atoms with E-state index in [0.717, 1.165) is 33.9 Å². The largest absolute Gasteiger partial charge is 0.258 e. The van der Waals surface area contributed by atoms with Gasteiger partial charge in [-0.15, -0.1) is 0 Å². The maximum absolute atomic E-state index is 4.41. The van der Waals surface area contributed by atoms with Gasteiger partial charge in [-0.2, -0.15) is 0 Å². The third-order valence-electron chi connectivity index (χ3n) is 3.04. The van der Waals surface area contributed by atoms with Gasteiger partial charge in [-0.3, -0.25) is 9.97 Å². The average molecular weight is 262 g/mol. The molecule has 2 heterocycles. The van der Waals surface area contributed by atoms with Crippen LogP contribution in [-0.4, -0.2) is 19.9 Å².